The minimum absolute atomic E-state index is 0.0637. The number of ketones is 1. The molecule has 0 aliphatic heterocycles. The number of unbranched alkanes of at least 4 members (excludes halogenated alkanes) is 1. The van der Waals surface area contributed by atoms with Crippen LogP contribution in [0.3, 0.4) is 0 Å². The van der Waals surface area contributed by atoms with Gasteiger partial charge in [-0.2, -0.15) is 0 Å². The third kappa shape index (κ3) is 8.01. The van der Waals surface area contributed by atoms with E-state index in [0.717, 1.165) is 30.5 Å². The van der Waals surface area contributed by atoms with E-state index < -0.39 is 5.54 Å². The number of hydrogen-bond donors (Lipinski definition) is 1. The summed E-state index contributed by atoms with van der Waals surface area (Å²) in [5.74, 6) is 0.467. The molecule has 1 atom stereocenters. The van der Waals surface area contributed by atoms with Crippen LogP contribution in [-0.2, 0) is 11.2 Å². The molecule has 2 aromatic rings. The van der Waals surface area contributed by atoms with Crippen molar-refractivity contribution in [2.45, 2.75) is 79.3 Å². The fourth-order valence-electron chi connectivity index (χ4n) is 4.31. The molecule has 0 heterocycles. The first-order valence-corrected chi connectivity index (χ1v) is 12.7. The van der Waals surface area contributed by atoms with E-state index in [1.54, 1.807) is 11.8 Å². The Bertz CT molecular complexity index is 939. The zero-order chi connectivity index (χ0) is 26.0. The number of amides is 1. The Hall–Kier alpha value is -3.02. The van der Waals surface area contributed by atoms with Gasteiger partial charge in [-0.1, -0.05) is 30.3 Å². The second-order valence-corrected chi connectivity index (χ2v) is 9.74. The van der Waals surface area contributed by atoms with E-state index in [9.17, 15) is 9.59 Å². The summed E-state index contributed by atoms with van der Waals surface area (Å²) in [5.41, 5.74) is 2.96. The molecule has 0 radical (unpaired) electrons. The predicted molar refractivity (Wildman–Crippen MR) is 143 cm³/mol. The van der Waals surface area contributed by atoms with E-state index in [1.807, 2.05) is 71.9 Å². The van der Waals surface area contributed by atoms with Crippen LogP contribution in [0.4, 0.5) is 10.5 Å². The maximum Gasteiger partial charge on any atom is 0.410 e. The standard InChI is InChI=1S/C29H42N2O4/c1-8-30-25-19-24(20-26(34-9-2)27(25)22(4)32)21(3)31(29(5,6)7)28(33)35-18-14-13-17-23-15-11-10-12-16-23/h10-12,15-16,19-21,30H,8-9,13-14,17-18H2,1-7H3. The van der Waals surface area contributed by atoms with Gasteiger partial charge in [-0.25, -0.2) is 4.79 Å². The summed E-state index contributed by atoms with van der Waals surface area (Å²) in [5, 5.41) is 3.28. The molecule has 0 aromatic heterocycles. The minimum Gasteiger partial charge on any atom is -0.493 e. The highest BCUT2D eigenvalue weighted by Crippen LogP contribution is 2.36. The molecule has 1 amide bonds. The number of carbonyl (C=O) groups is 2. The van der Waals surface area contributed by atoms with Crippen LogP contribution >= 0.6 is 0 Å². The number of ether oxygens (including phenoxy) is 2. The zero-order valence-electron chi connectivity index (χ0n) is 22.4. The number of rotatable bonds is 12. The molecule has 1 N–H and O–H groups in total. The van der Waals surface area contributed by atoms with Gasteiger partial charge < -0.3 is 14.8 Å². The Labute approximate surface area is 211 Å². The molecule has 0 saturated carbocycles. The van der Waals surface area contributed by atoms with Crippen LogP contribution in [0.2, 0.25) is 0 Å². The molecule has 2 rings (SSSR count). The number of anilines is 1. The molecule has 0 spiro atoms. The van der Waals surface area contributed by atoms with Gasteiger partial charge in [0.15, 0.2) is 5.78 Å². The van der Waals surface area contributed by atoms with Crippen LogP contribution in [0, 0.1) is 0 Å². The molecule has 0 bridgehead atoms. The molecule has 1 unspecified atom stereocenters. The fourth-order valence-corrected chi connectivity index (χ4v) is 4.31. The second kappa shape index (κ2) is 13.2. The highest BCUT2D eigenvalue weighted by Gasteiger charge is 2.34. The van der Waals surface area contributed by atoms with E-state index in [0.29, 0.717) is 31.1 Å². The number of benzene rings is 2. The van der Waals surface area contributed by atoms with Crippen molar-refractivity contribution in [1.29, 1.82) is 0 Å². The largest absolute Gasteiger partial charge is 0.493 e. The molecule has 6 heteroatoms. The van der Waals surface area contributed by atoms with Gasteiger partial charge in [0.2, 0.25) is 0 Å². The van der Waals surface area contributed by atoms with Gasteiger partial charge in [0.05, 0.1) is 24.8 Å². The predicted octanol–water partition coefficient (Wildman–Crippen LogP) is 7.04. The zero-order valence-corrected chi connectivity index (χ0v) is 22.4. The molecule has 0 aliphatic carbocycles. The number of carbonyl (C=O) groups excluding carboxylic acids is 2. The average molecular weight is 483 g/mol. The third-order valence-corrected chi connectivity index (χ3v) is 5.86. The Morgan fingerprint density at radius 2 is 1.74 bits per heavy atom. The Morgan fingerprint density at radius 1 is 1.06 bits per heavy atom. The van der Waals surface area contributed by atoms with Crippen molar-refractivity contribution >= 4 is 17.6 Å². The van der Waals surface area contributed by atoms with Crippen molar-refractivity contribution in [1.82, 2.24) is 4.90 Å². The van der Waals surface area contributed by atoms with Crippen LogP contribution < -0.4 is 10.1 Å². The van der Waals surface area contributed by atoms with Gasteiger partial charge in [0.1, 0.15) is 5.75 Å². The van der Waals surface area contributed by atoms with E-state index >= 15 is 0 Å². The SMILES string of the molecule is CCNc1cc(C(C)N(C(=O)OCCCCc2ccccc2)C(C)(C)C)cc(OCC)c1C(C)=O. The second-order valence-electron chi connectivity index (χ2n) is 9.74. The number of nitrogens with one attached hydrogen (secondary N) is 1. The summed E-state index contributed by atoms with van der Waals surface area (Å²) >= 11 is 0. The van der Waals surface area contributed by atoms with Crippen molar-refractivity contribution in [3.63, 3.8) is 0 Å². The fraction of sp³-hybridized carbons (Fsp3) is 0.517. The van der Waals surface area contributed by atoms with Crippen molar-refractivity contribution < 1.29 is 19.1 Å². The van der Waals surface area contributed by atoms with Crippen molar-refractivity contribution in [2.75, 3.05) is 25.1 Å². The summed E-state index contributed by atoms with van der Waals surface area (Å²) in [6.07, 6.45) is 2.38. The summed E-state index contributed by atoms with van der Waals surface area (Å²) < 4.78 is 11.5. The van der Waals surface area contributed by atoms with Gasteiger partial charge in [-0.3, -0.25) is 9.69 Å². The molecule has 0 aliphatic rings. The molecule has 0 fully saturated rings. The summed E-state index contributed by atoms with van der Waals surface area (Å²) in [6, 6.07) is 13.9. The molecule has 192 valence electrons. The number of nitrogens with zero attached hydrogens (tertiary/aromatic N) is 1. The van der Waals surface area contributed by atoms with Crippen molar-refractivity contribution in [3.8, 4) is 5.75 Å². The maximum atomic E-state index is 13.2. The maximum absolute atomic E-state index is 13.2. The van der Waals surface area contributed by atoms with Gasteiger partial charge in [0, 0.05) is 17.8 Å². The lowest BCUT2D eigenvalue weighted by molar-refractivity contribution is 0.0466. The minimum atomic E-state index is -0.468. The third-order valence-electron chi connectivity index (χ3n) is 5.86. The van der Waals surface area contributed by atoms with Crippen molar-refractivity contribution in [2.24, 2.45) is 0 Å². The van der Waals surface area contributed by atoms with E-state index in [4.69, 9.17) is 9.47 Å². The number of hydrogen-bond acceptors (Lipinski definition) is 5. The van der Waals surface area contributed by atoms with Gasteiger partial charge >= 0.3 is 6.09 Å². The number of aryl methyl sites for hydroxylation is 1. The first-order chi connectivity index (χ1) is 16.6. The van der Waals surface area contributed by atoms with Crippen LogP contribution in [0.5, 0.6) is 5.75 Å². The Morgan fingerprint density at radius 3 is 2.31 bits per heavy atom. The normalized spacial score (nSPS) is 12.1. The Balaban J connectivity index is 2.19. The number of Topliss-reactive ketones (excluding diaryl/α,β-unsaturated/α-hetero) is 1. The smallest absolute Gasteiger partial charge is 0.410 e. The monoisotopic (exact) mass is 482 g/mol. The van der Waals surface area contributed by atoms with Gasteiger partial charge in [-0.15, -0.1) is 0 Å². The van der Waals surface area contributed by atoms with Crippen LogP contribution in [-0.4, -0.2) is 42.1 Å². The first-order valence-electron chi connectivity index (χ1n) is 12.7. The molecular formula is C29H42N2O4. The molecule has 35 heavy (non-hydrogen) atoms. The lowest BCUT2D eigenvalue weighted by Gasteiger charge is -2.40. The molecule has 0 saturated heterocycles. The van der Waals surface area contributed by atoms with E-state index in [1.165, 1.54) is 5.56 Å². The highest BCUT2D eigenvalue weighted by atomic mass is 16.6. The lowest BCUT2D eigenvalue weighted by Crippen LogP contribution is -2.47. The highest BCUT2D eigenvalue weighted by molar-refractivity contribution is 6.02. The first kappa shape index (κ1) is 28.2. The van der Waals surface area contributed by atoms with E-state index in [-0.39, 0.29) is 17.9 Å². The molecule has 6 nitrogen and oxygen atoms in total. The van der Waals surface area contributed by atoms with Crippen molar-refractivity contribution in [3.05, 3.63) is 59.2 Å². The summed E-state index contributed by atoms with van der Waals surface area (Å²) in [4.78, 5) is 27.4. The molecular weight excluding hydrogens is 440 g/mol. The van der Waals surface area contributed by atoms with Crippen LogP contribution in [0.1, 0.15) is 88.8 Å². The van der Waals surface area contributed by atoms with Gasteiger partial charge in [-0.05, 0) is 91.0 Å². The summed E-state index contributed by atoms with van der Waals surface area (Å²) in [7, 11) is 0. The molecule has 2 aromatic carbocycles. The lowest BCUT2D eigenvalue weighted by atomic mass is 9.96. The van der Waals surface area contributed by atoms with Crippen LogP contribution in [0.15, 0.2) is 42.5 Å². The quantitative estimate of drug-likeness (QED) is 0.259. The van der Waals surface area contributed by atoms with Crippen LogP contribution in [0.25, 0.3) is 0 Å². The Kier molecular flexibility index (Phi) is 10.6. The van der Waals surface area contributed by atoms with E-state index in [2.05, 4.69) is 17.4 Å². The van der Waals surface area contributed by atoms with Gasteiger partial charge in [0.25, 0.3) is 0 Å². The summed E-state index contributed by atoms with van der Waals surface area (Å²) in [6.45, 7) is 14.9. The average Bonchev–Trinajstić information content (AvgIpc) is 2.78. The topological polar surface area (TPSA) is 67.9 Å².